The Morgan fingerprint density at radius 1 is 1.25 bits per heavy atom. The molecule has 2 saturated heterocycles. The standard InChI is InChI=1S/C18H20F2N4O3S/c1-11-8-23(22-21-11)9-14-10-24(18(25)27-14)13-6-15(19)17(16(20)7-13)12-2-4-28(26)5-3-12/h6-8,12,14H,2-5,9-10H2,1H3/t12?,14-,28?/m0/s1. The molecule has 7 nitrogen and oxygen atoms in total. The Bertz CT molecular complexity index is 902. The largest absolute Gasteiger partial charge is 0.442 e. The second kappa shape index (κ2) is 7.57. The zero-order chi connectivity index (χ0) is 19.8. The van der Waals surface area contributed by atoms with Crippen molar-refractivity contribution in [2.75, 3.05) is 23.0 Å². The van der Waals surface area contributed by atoms with Gasteiger partial charge >= 0.3 is 6.09 Å². The summed E-state index contributed by atoms with van der Waals surface area (Å²) in [5.41, 5.74) is 0.885. The molecule has 0 N–H and O–H groups in total. The second-order valence-electron chi connectivity index (χ2n) is 7.14. The van der Waals surface area contributed by atoms with Gasteiger partial charge in [-0.05, 0) is 37.8 Å². The molecule has 1 aromatic heterocycles. The molecule has 1 amide bonds. The number of carbonyl (C=O) groups excluding carboxylic acids is 1. The molecule has 1 aromatic carbocycles. The lowest BCUT2D eigenvalue weighted by atomic mass is 9.92. The summed E-state index contributed by atoms with van der Waals surface area (Å²) in [4.78, 5) is 13.4. The van der Waals surface area contributed by atoms with Gasteiger partial charge in [0.15, 0.2) is 0 Å². The van der Waals surface area contributed by atoms with Gasteiger partial charge in [0.05, 0.1) is 24.5 Å². The third-order valence-corrected chi connectivity index (χ3v) is 6.47. The van der Waals surface area contributed by atoms with Crippen molar-refractivity contribution in [3.8, 4) is 0 Å². The van der Waals surface area contributed by atoms with Crippen LogP contribution in [0, 0.1) is 18.6 Å². The Kier molecular flexibility index (Phi) is 5.13. The van der Waals surface area contributed by atoms with Crippen LogP contribution in [0.3, 0.4) is 0 Å². The average molecular weight is 410 g/mol. The summed E-state index contributed by atoms with van der Waals surface area (Å²) in [5, 5.41) is 7.79. The molecule has 28 heavy (non-hydrogen) atoms. The molecule has 4 rings (SSSR count). The first-order chi connectivity index (χ1) is 13.4. The number of nitrogens with zero attached hydrogens (tertiary/aromatic N) is 4. The van der Waals surface area contributed by atoms with E-state index in [4.69, 9.17) is 4.74 Å². The molecule has 0 aliphatic carbocycles. The number of ether oxygens (including phenoxy) is 1. The molecule has 0 bridgehead atoms. The molecule has 1 atom stereocenters. The molecule has 2 aromatic rings. The van der Waals surface area contributed by atoms with Crippen LogP contribution >= 0.6 is 0 Å². The van der Waals surface area contributed by atoms with Gasteiger partial charge in [0, 0.05) is 34.1 Å². The van der Waals surface area contributed by atoms with Crippen molar-refractivity contribution in [3.63, 3.8) is 0 Å². The highest BCUT2D eigenvalue weighted by Crippen LogP contribution is 2.35. The molecule has 3 heterocycles. The van der Waals surface area contributed by atoms with Crippen LogP contribution in [-0.4, -0.2) is 49.5 Å². The van der Waals surface area contributed by atoms with Crippen molar-refractivity contribution < 1.29 is 22.5 Å². The molecule has 0 saturated carbocycles. The van der Waals surface area contributed by atoms with Crippen LogP contribution in [0.1, 0.15) is 30.0 Å². The third-order valence-electron chi connectivity index (χ3n) is 5.09. The number of cyclic esters (lactones) is 1. The Balaban J connectivity index is 1.51. The van der Waals surface area contributed by atoms with Crippen LogP contribution in [0.25, 0.3) is 0 Å². The van der Waals surface area contributed by atoms with E-state index < -0.39 is 34.6 Å². The first-order valence-electron chi connectivity index (χ1n) is 9.09. The van der Waals surface area contributed by atoms with Gasteiger partial charge in [-0.1, -0.05) is 5.21 Å². The van der Waals surface area contributed by atoms with E-state index in [0.29, 0.717) is 30.9 Å². The SMILES string of the molecule is Cc1cn(C[C@H]2CN(c3cc(F)c(C4CCS(=O)CC4)c(F)c3)C(=O)O2)nn1. The van der Waals surface area contributed by atoms with E-state index in [-0.39, 0.29) is 23.7 Å². The van der Waals surface area contributed by atoms with Crippen molar-refractivity contribution >= 4 is 22.6 Å². The quantitative estimate of drug-likeness (QED) is 0.774. The molecule has 10 heteroatoms. The zero-order valence-corrected chi connectivity index (χ0v) is 16.1. The lowest BCUT2D eigenvalue weighted by Crippen LogP contribution is -2.27. The molecule has 0 radical (unpaired) electrons. The van der Waals surface area contributed by atoms with Crippen LogP contribution in [0.2, 0.25) is 0 Å². The van der Waals surface area contributed by atoms with Crippen molar-refractivity contribution in [1.29, 1.82) is 0 Å². The molecule has 2 aliphatic rings. The maximum Gasteiger partial charge on any atom is 0.414 e. The monoisotopic (exact) mass is 410 g/mol. The summed E-state index contributed by atoms with van der Waals surface area (Å²) in [5.74, 6) is -0.757. The smallest absolute Gasteiger partial charge is 0.414 e. The molecule has 150 valence electrons. The fourth-order valence-corrected chi connectivity index (χ4v) is 5.02. The number of amides is 1. The molecule has 0 spiro atoms. The van der Waals surface area contributed by atoms with Crippen LogP contribution < -0.4 is 4.90 Å². The summed E-state index contributed by atoms with van der Waals surface area (Å²) in [6.07, 6.45) is 1.56. The van der Waals surface area contributed by atoms with Gasteiger partial charge in [-0.15, -0.1) is 5.10 Å². The van der Waals surface area contributed by atoms with E-state index in [1.807, 2.05) is 0 Å². The van der Waals surface area contributed by atoms with E-state index in [1.54, 1.807) is 17.8 Å². The summed E-state index contributed by atoms with van der Waals surface area (Å²) in [7, 11) is -0.904. The van der Waals surface area contributed by atoms with Gasteiger partial charge < -0.3 is 4.74 Å². The first-order valence-corrected chi connectivity index (χ1v) is 10.6. The topological polar surface area (TPSA) is 77.3 Å². The summed E-state index contributed by atoms with van der Waals surface area (Å²) in [6.45, 7) is 2.28. The normalized spacial score (nSPS) is 25.2. The Morgan fingerprint density at radius 3 is 2.54 bits per heavy atom. The molecular formula is C18H20F2N4O3S. The van der Waals surface area contributed by atoms with Crippen LogP contribution in [0.4, 0.5) is 19.3 Å². The molecule has 2 fully saturated rings. The highest BCUT2D eigenvalue weighted by Gasteiger charge is 2.34. The minimum absolute atomic E-state index is 0.0163. The van der Waals surface area contributed by atoms with Crippen LogP contribution in [-0.2, 0) is 22.1 Å². The number of hydrogen-bond acceptors (Lipinski definition) is 5. The number of rotatable bonds is 4. The predicted molar refractivity (Wildman–Crippen MR) is 98.6 cm³/mol. The molecule has 0 unspecified atom stereocenters. The van der Waals surface area contributed by atoms with E-state index >= 15 is 0 Å². The number of carbonyl (C=O) groups is 1. The lowest BCUT2D eigenvalue weighted by Gasteiger charge is -2.23. The molecule has 2 aliphatic heterocycles. The van der Waals surface area contributed by atoms with E-state index in [2.05, 4.69) is 10.3 Å². The number of hydrogen-bond donors (Lipinski definition) is 0. The highest BCUT2D eigenvalue weighted by molar-refractivity contribution is 7.85. The van der Waals surface area contributed by atoms with Crippen molar-refractivity contribution in [2.24, 2.45) is 0 Å². The predicted octanol–water partition coefficient (Wildman–Crippen LogP) is 2.52. The van der Waals surface area contributed by atoms with Crippen molar-refractivity contribution in [1.82, 2.24) is 15.0 Å². The number of benzene rings is 1. The minimum atomic E-state index is -0.904. The van der Waals surface area contributed by atoms with Gasteiger partial charge in [0.2, 0.25) is 0 Å². The molecular weight excluding hydrogens is 390 g/mol. The fourth-order valence-electron chi connectivity index (χ4n) is 3.72. The second-order valence-corrected chi connectivity index (χ2v) is 8.84. The fraction of sp³-hybridized carbons (Fsp3) is 0.500. The summed E-state index contributed by atoms with van der Waals surface area (Å²) < 4.78 is 47.8. The minimum Gasteiger partial charge on any atom is -0.442 e. The van der Waals surface area contributed by atoms with Gasteiger partial charge in [0.25, 0.3) is 0 Å². The van der Waals surface area contributed by atoms with Crippen LogP contribution in [0.5, 0.6) is 0 Å². The average Bonchev–Trinajstić information content (AvgIpc) is 3.21. The maximum absolute atomic E-state index is 14.7. The summed E-state index contributed by atoms with van der Waals surface area (Å²) in [6, 6.07) is 2.35. The van der Waals surface area contributed by atoms with E-state index in [1.165, 1.54) is 17.0 Å². The van der Waals surface area contributed by atoms with Crippen molar-refractivity contribution in [2.45, 2.75) is 38.3 Å². The Hall–Kier alpha value is -2.36. The Morgan fingerprint density at radius 2 is 1.93 bits per heavy atom. The van der Waals surface area contributed by atoms with Gasteiger partial charge in [-0.25, -0.2) is 18.3 Å². The number of aryl methyl sites for hydroxylation is 1. The van der Waals surface area contributed by atoms with Gasteiger partial charge in [-0.3, -0.25) is 9.11 Å². The van der Waals surface area contributed by atoms with E-state index in [0.717, 1.165) is 5.69 Å². The highest BCUT2D eigenvalue weighted by atomic mass is 32.2. The van der Waals surface area contributed by atoms with Crippen LogP contribution in [0.15, 0.2) is 18.3 Å². The lowest BCUT2D eigenvalue weighted by molar-refractivity contribution is 0.129. The zero-order valence-electron chi connectivity index (χ0n) is 15.3. The van der Waals surface area contributed by atoms with Gasteiger partial charge in [0.1, 0.15) is 17.7 Å². The number of anilines is 1. The first kappa shape index (κ1) is 19.0. The summed E-state index contributed by atoms with van der Waals surface area (Å²) >= 11 is 0. The third kappa shape index (κ3) is 3.78. The van der Waals surface area contributed by atoms with Crippen molar-refractivity contribution in [3.05, 3.63) is 41.2 Å². The number of aromatic nitrogens is 3. The number of halogens is 2. The maximum atomic E-state index is 14.7. The van der Waals surface area contributed by atoms with E-state index in [9.17, 15) is 17.8 Å². The van der Waals surface area contributed by atoms with Gasteiger partial charge in [-0.2, -0.15) is 0 Å². The Labute approximate surface area is 163 Å².